The van der Waals surface area contributed by atoms with Crippen LogP contribution in [0.25, 0.3) is 0 Å². The summed E-state index contributed by atoms with van der Waals surface area (Å²) >= 11 is 3.28. The first kappa shape index (κ1) is 15.5. The summed E-state index contributed by atoms with van der Waals surface area (Å²) in [6.07, 6.45) is 1.58. The highest BCUT2D eigenvalue weighted by Crippen LogP contribution is 2.26. The van der Waals surface area contributed by atoms with Gasteiger partial charge in [0, 0.05) is 17.4 Å². The van der Waals surface area contributed by atoms with E-state index in [0.29, 0.717) is 16.9 Å². The maximum atomic E-state index is 12.3. The molecule has 23 heavy (non-hydrogen) atoms. The minimum atomic E-state index is -0.370. The van der Waals surface area contributed by atoms with Crippen molar-refractivity contribution in [3.05, 3.63) is 58.0 Å². The summed E-state index contributed by atoms with van der Waals surface area (Å²) in [5.74, 6) is -0.343. The number of imide groups is 1. The molecule has 0 fully saturated rings. The van der Waals surface area contributed by atoms with Gasteiger partial charge in [-0.1, -0.05) is 15.9 Å². The molecule has 0 spiro atoms. The van der Waals surface area contributed by atoms with Gasteiger partial charge < -0.3 is 9.73 Å². The van der Waals surface area contributed by atoms with Gasteiger partial charge in [0.15, 0.2) is 0 Å². The zero-order chi connectivity index (χ0) is 16.4. The maximum absolute atomic E-state index is 12.3. The van der Waals surface area contributed by atoms with Gasteiger partial charge in [0.25, 0.3) is 11.8 Å². The van der Waals surface area contributed by atoms with Gasteiger partial charge in [0.1, 0.15) is 5.76 Å². The number of hydrogen-bond acceptors (Lipinski definition) is 4. The first-order chi connectivity index (χ1) is 11.1. The lowest BCUT2D eigenvalue weighted by molar-refractivity contribution is -0.121. The molecule has 1 aliphatic rings. The molecule has 6 nitrogen and oxygen atoms in total. The monoisotopic (exact) mass is 376 g/mol. The molecular formula is C16H13BrN2O4. The van der Waals surface area contributed by atoms with Gasteiger partial charge in [-0.05, 0) is 30.3 Å². The smallest absolute Gasteiger partial charge is 0.261 e. The molecule has 3 rings (SSSR count). The molecule has 3 amide bonds. The van der Waals surface area contributed by atoms with Gasteiger partial charge in [0.05, 0.1) is 23.9 Å². The van der Waals surface area contributed by atoms with Crippen molar-refractivity contribution in [2.24, 2.45) is 0 Å². The van der Waals surface area contributed by atoms with Crippen LogP contribution in [0.4, 0.5) is 0 Å². The largest absolute Gasteiger partial charge is 0.467 e. The number of nitrogens with one attached hydrogen (secondary N) is 1. The van der Waals surface area contributed by atoms with Gasteiger partial charge in [0.2, 0.25) is 5.91 Å². The zero-order valence-electron chi connectivity index (χ0n) is 12.0. The van der Waals surface area contributed by atoms with E-state index in [9.17, 15) is 14.4 Å². The van der Waals surface area contributed by atoms with E-state index in [0.717, 1.165) is 9.37 Å². The molecule has 0 unspecified atom stereocenters. The zero-order valence-corrected chi connectivity index (χ0v) is 13.6. The average molecular weight is 377 g/mol. The van der Waals surface area contributed by atoms with Gasteiger partial charge in [-0.15, -0.1) is 0 Å². The third-order valence-corrected chi connectivity index (χ3v) is 4.03. The van der Waals surface area contributed by atoms with Crippen LogP contribution in [0.15, 0.2) is 45.5 Å². The fraction of sp³-hybridized carbons (Fsp3) is 0.188. The summed E-state index contributed by atoms with van der Waals surface area (Å²) in [6, 6.07) is 8.42. The Labute approximate surface area is 140 Å². The van der Waals surface area contributed by atoms with E-state index in [-0.39, 0.29) is 37.2 Å². The normalized spacial score (nSPS) is 13.3. The molecule has 118 valence electrons. The summed E-state index contributed by atoms with van der Waals surface area (Å²) in [5.41, 5.74) is 0.731. The van der Waals surface area contributed by atoms with Gasteiger partial charge in [-0.2, -0.15) is 0 Å². The second-order valence-electron chi connectivity index (χ2n) is 5.06. The molecular weight excluding hydrogens is 364 g/mol. The van der Waals surface area contributed by atoms with E-state index in [2.05, 4.69) is 21.2 Å². The Morgan fingerprint density at radius 2 is 1.96 bits per heavy atom. The molecule has 0 saturated heterocycles. The SMILES string of the molecule is O=C(CCN1C(=O)c2ccc(Br)cc2C1=O)NCc1ccco1. The minimum Gasteiger partial charge on any atom is -0.467 e. The van der Waals surface area contributed by atoms with E-state index in [4.69, 9.17) is 4.42 Å². The van der Waals surface area contributed by atoms with Crippen LogP contribution in [0, 0.1) is 0 Å². The number of rotatable bonds is 5. The molecule has 0 saturated carbocycles. The quantitative estimate of drug-likeness (QED) is 0.812. The molecule has 0 radical (unpaired) electrons. The highest BCUT2D eigenvalue weighted by Gasteiger charge is 2.35. The molecule has 1 aliphatic heterocycles. The lowest BCUT2D eigenvalue weighted by atomic mass is 10.1. The van der Waals surface area contributed by atoms with Crippen LogP contribution in [0.2, 0.25) is 0 Å². The molecule has 1 aromatic heterocycles. The summed E-state index contributed by atoms with van der Waals surface area (Å²) in [4.78, 5) is 37.4. The van der Waals surface area contributed by atoms with Crippen molar-refractivity contribution in [1.29, 1.82) is 0 Å². The summed E-state index contributed by atoms with van der Waals surface area (Å²) in [6.45, 7) is 0.328. The maximum Gasteiger partial charge on any atom is 0.261 e. The second kappa shape index (κ2) is 6.37. The lowest BCUT2D eigenvalue weighted by Gasteiger charge is -2.13. The number of hydrogen-bond donors (Lipinski definition) is 1. The van der Waals surface area contributed by atoms with E-state index < -0.39 is 0 Å². The van der Waals surface area contributed by atoms with Crippen molar-refractivity contribution in [2.45, 2.75) is 13.0 Å². The Bertz CT molecular complexity index is 770. The van der Waals surface area contributed by atoms with Crippen LogP contribution < -0.4 is 5.32 Å². The number of nitrogens with zero attached hydrogens (tertiary/aromatic N) is 1. The van der Waals surface area contributed by atoms with Gasteiger partial charge in [-0.3, -0.25) is 19.3 Å². The first-order valence-electron chi connectivity index (χ1n) is 7.01. The predicted octanol–water partition coefficient (Wildman–Crippen LogP) is 2.34. The van der Waals surface area contributed by atoms with Crippen molar-refractivity contribution in [3.8, 4) is 0 Å². The molecule has 0 atom stereocenters. The predicted molar refractivity (Wildman–Crippen MR) is 84.7 cm³/mol. The average Bonchev–Trinajstić information content (AvgIpc) is 3.12. The Balaban J connectivity index is 1.58. The minimum absolute atomic E-state index is 0.0490. The molecule has 2 heterocycles. The third-order valence-electron chi connectivity index (χ3n) is 3.54. The van der Waals surface area contributed by atoms with Crippen LogP contribution in [0.5, 0.6) is 0 Å². The summed E-state index contributed by atoms with van der Waals surface area (Å²) in [5, 5.41) is 2.68. The number of amides is 3. The standard InChI is InChI=1S/C16H13BrN2O4/c17-10-3-4-12-13(8-10)16(22)19(15(12)21)6-5-14(20)18-9-11-2-1-7-23-11/h1-4,7-8H,5-6,9H2,(H,18,20). The van der Waals surface area contributed by atoms with Crippen molar-refractivity contribution in [2.75, 3.05) is 6.54 Å². The third kappa shape index (κ3) is 3.19. The summed E-state index contributed by atoms with van der Waals surface area (Å²) in [7, 11) is 0. The van der Waals surface area contributed by atoms with E-state index >= 15 is 0 Å². The Morgan fingerprint density at radius 3 is 2.70 bits per heavy atom. The Kier molecular flexibility index (Phi) is 4.29. The summed E-state index contributed by atoms with van der Waals surface area (Å²) < 4.78 is 5.84. The number of benzene rings is 1. The lowest BCUT2D eigenvalue weighted by Crippen LogP contribution is -2.34. The van der Waals surface area contributed by atoms with Crippen molar-refractivity contribution in [1.82, 2.24) is 10.2 Å². The first-order valence-corrected chi connectivity index (χ1v) is 7.80. The van der Waals surface area contributed by atoms with E-state index in [1.165, 1.54) is 6.26 Å². The van der Waals surface area contributed by atoms with Crippen LogP contribution in [-0.4, -0.2) is 29.2 Å². The van der Waals surface area contributed by atoms with Crippen LogP contribution >= 0.6 is 15.9 Å². The molecule has 1 aromatic carbocycles. The fourth-order valence-corrected chi connectivity index (χ4v) is 2.73. The van der Waals surface area contributed by atoms with Crippen LogP contribution in [-0.2, 0) is 11.3 Å². The van der Waals surface area contributed by atoms with Gasteiger partial charge >= 0.3 is 0 Å². The molecule has 1 N–H and O–H groups in total. The highest BCUT2D eigenvalue weighted by molar-refractivity contribution is 9.10. The number of carbonyl (C=O) groups is 3. The number of furan rings is 1. The van der Waals surface area contributed by atoms with Crippen LogP contribution in [0.1, 0.15) is 32.9 Å². The van der Waals surface area contributed by atoms with Crippen LogP contribution in [0.3, 0.4) is 0 Å². The highest BCUT2D eigenvalue weighted by atomic mass is 79.9. The topological polar surface area (TPSA) is 79.6 Å². The fourth-order valence-electron chi connectivity index (χ4n) is 2.37. The molecule has 0 aliphatic carbocycles. The van der Waals surface area contributed by atoms with E-state index in [1.807, 2.05) is 0 Å². The number of halogens is 1. The van der Waals surface area contributed by atoms with Crippen molar-refractivity contribution < 1.29 is 18.8 Å². The number of carbonyl (C=O) groups excluding carboxylic acids is 3. The van der Waals surface area contributed by atoms with E-state index in [1.54, 1.807) is 30.3 Å². The molecule has 7 heteroatoms. The van der Waals surface area contributed by atoms with Crippen molar-refractivity contribution in [3.63, 3.8) is 0 Å². The molecule has 0 bridgehead atoms. The van der Waals surface area contributed by atoms with Gasteiger partial charge in [-0.25, -0.2) is 0 Å². The van der Waals surface area contributed by atoms with Crippen molar-refractivity contribution >= 4 is 33.7 Å². The Morgan fingerprint density at radius 1 is 1.17 bits per heavy atom. The Hall–Kier alpha value is -2.41. The molecule has 2 aromatic rings. The second-order valence-corrected chi connectivity index (χ2v) is 5.97. The number of fused-ring (bicyclic) bond motifs is 1.